The summed E-state index contributed by atoms with van der Waals surface area (Å²) in [4.78, 5) is 265. The Kier molecular flexibility index (Phi) is 37.1. The number of imidazole rings is 1. The number of benzene rings is 3. The molecule has 43 nitrogen and oxygen atoms in total. The predicted octanol–water partition coefficient (Wildman–Crippen LogP) is -1.29. The monoisotopic (exact) mass is 1920 g/mol. The van der Waals surface area contributed by atoms with Crippen LogP contribution in [-0.4, -0.2) is 305 Å². The average Bonchev–Trinajstić information content (AvgIpc) is 1.57. The molecule has 2 aromatic heterocycles. The lowest BCUT2D eigenvalue weighted by Gasteiger charge is -2.36. The van der Waals surface area contributed by atoms with Gasteiger partial charge in [0.05, 0.1) is 51.9 Å². The number of unbranched alkanes of at least 4 members (excludes halogenated alkanes) is 2. The normalized spacial score (nSPS) is 25.8. The molecule has 0 saturated carbocycles. The van der Waals surface area contributed by atoms with Crippen molar-refractivity contribution < 1.29 is 91.7 Å². The summed E-state index contributed by atoms with van der Waals surface area (Å²) in [5.41, 5.74) is 19.3. The number of nitrogens with zero attached hydrogens (tertiary/aromatic N) is 8. The van der Waals surface area contributed by atoms with E-state index in [1.807, 2.05) is 13.8 Å². The molecule has 736 valence electrons. The number of hydrogen-bond acceptors (Lipinski definition) is 23. The molecular formula is C91H126N24O19S2. The van der Waals surface area contributed by atoms with Crippen molar-refractivity contribution >= 4 is 144 Å². The van der Waals surface area contributed by atoms with Crippen LogP contribution < -0.4 is 75.7 Å². The molecule has 5 aliphatic heterocycles. The molecule has 3 saturated heterocycles. The number of aromatic amines is 1. The van der Waals surface area contributed by atoms with Gasteiger partial charge in [0.15, 0.2) is 5.96 Å². The van der Waals surface area contributed by atoms with Gasteiger partial charge in [-0.3, -0.25) is 90.9 Å². The van der Waals surface area contributed by atoms with E-state index in [2.05, 4.69) is 68.5 Å². The Labute approximate surface area is 792 Å². The van der Waals surface area contributed by atoms with Crippen molar-refractivity contribution in [2.75, 3.05) is 65.4 Å². The summed E-state index contributed by atoms with van der Waals surface area (Å²) in [5, 5.41) is 60.8. The van der Waals surface area contributed by atoms with Gasteiger partial charge in [-0.25, -0.2) is 9.59 Å². The molecule has 15 atom stereocenters. The average molecular weight is 1920 g/mol. The topological polar surface area (TPSA) is 638 Å². The van der Waals surface area contributed by atoms with Crippen LogP contribution in [0.4, 0.5) is 0 Å². The molecule has 0 radical (unpaired) electrons. The van der Waals surface area contributed by atoms with Crippen LogP contribution >= 0.6 is 21.6 Å². The fourth-order valence-corrected chi connectivity index (χ4v) is 20.9. The number of carbonyl (C=O) groups excluding carboxylic acids is 17. The number of likely N-dealkylation sites (N-methyl/N-ethyl adjacent to an activating group) is 3. The van der Waals surface area contributed by atoms with Crippen molar-refractivity contribution in [2.24, 2.45) is 23.1 Å². The molecule has 17 amide bonds. The first-order valence-electron chi connectivity index (χ1n) is 45.7. The van der Waals surface area contributed by atoms with Crippen molar-refractivity contribution in [3.05, 3.63) is 119 Å². The van der Waals surface area contributed by atoms with Crippen molar-refractivity contribution in [1.82, 2.24) is 96.9 Å². The van der Waals surface area contributed by atoms with E-state index in [-0.39, 0.29) is 115 Å². The Balaban J connectivity index is 1.05. The van der Waals surface area contributed by atoms with Gasteiger partial charge in [0, 0.05) is 101 Å². The Hall–Kier alpha value is -13.4. The van der Waals surface area contributed by atoms with E-state index in [0.29, 0.717) is 69.4 Å². The summed E-state index contributed by atoms with van der Waals surface area (Å²) in [6.07, 6.45) is 4.08. The van der Waals surface area contributed by atoms with Gasteiger partial charge in [0.25, 0.3) is 0 Å². The number of phenols is 1. The van der Waals surface area contributed by atoms with Gasteiger partial charge in [-0.05, 0) is 117 Å². The smallest absolute Gasteiger partial charge is 0.246 e. The van der Waals surface area contributed by atoms with Crippen molar-refractivity contribution in [3.63, 3.8) is 0 Å². The standard InChI is InChI=1S/C91H126N24O19S2/c1-9-11-23-69-83(127)102-59(22-17-33-98-91(94)95)79(123)109-67(78(122)99-43-75(93)119)46-135-47-76(120)101-63(37-52-29-31-56(117)32-30-52)86(130)110(6)51(5)77(121)105-65(41-74(92)118)89(133)114-35-19-27-71(114)85(129)104-61(40-55-42-97-49-100-55)81(125)106-62(36-50(3)4)88(132)113-34-18-26-70(113)84(128)103-60-39-54-48-136(96,73-28-16-14-21-58(54)73)115-44-53(57-20-13-15-25-68(57)115)38-64(107-82(126)66(45-116)108-80(60)124)87(131)112(8)72(24-12-10-2)90(134)111(69)7/h13-16,20-21,25,28-32,42,44,48-51,59-67,69-72,116-117H,9-12,17-19,22-24,26-27,33-41,43,45-47H2,1-8H3,(H2,92,118)(H2,93,119)(H,97,100)(H,99,122)(H,101,120)(H,102,127)(H,103,128)(H,104,129)(H,105,121)(H,106,125)(H,107,126)(H,108,124)(H,109,123)(H4,94,95,98)/t51-,59-,60-,61-,62-,63-,64-,65-,66-,67-,69-,70-,71-,72-/m0/s1. The number of carbonyl (C=O) groups is 17. The van der Waals surface area contributed by atoms with Gasteiger partial charge < -0.3 is 115 Å². The van der Waals surface area contributed by atoms with E-state index in [1.165, 1.54) is 69.8 Å². The first-order chi connectivity index (χ1) is 64.7. The number of guanidine groups is 1. The first-order valence-corrected chi connectivity index (χ1v) is 48.5. The Morgan fingerprint density at radius 3 is 1.84 bits per heavy atom. The quantitative estimate of drug-likeness (QED) is 0.0218. The van der Waals surface area contributed by atoms with Crippen LogP contribution in [-0.2, 0) is 101 Å². The van der Waals surface area contributed by atoms with E-state index in [1.54, 1.807) is 78.0 Å². The lowest BCUT2D eigenvalue weighted by atomic mass is 9.98. The minimum Gasteiger partial charge on any atom is -0.508 e. The van der Waals surface area contributed by atoms with Crippen LogP contribution in [0.1, 0.15) is 153 Å². The lowest BCUT2D eigenvalue weighted by molar-refractivity contribution is -0.149. The van der Waals surface area contributed by atoms with Crippen molar-refractivity contribution in [1.29, 1.82) is 10.0 Å². The third-order valence-corrected chi connectivity index (χ3v) is 28.4. The van der Waals surface area contributed by atoms with E-state index in [4.69, 9.17) is 22.6 Å². The largest absolute Gasteiger partial charge is 0.508 e. The number of rotatable bonds is 22. The van der Waals surface area contributed by atoms with Gasteiger partial charge in [-0.1, -0.05) is 102 Å². The number of nitrogens with two attached hydrogens (primary N) is 3. The van der Waals surface area contributed by atoms with Gasteiger partial charge in [-0.15, -0.1) is 11.8 Å². The number of thioether (sulfide) groups is 1. The van der Waals surface area contributed by atoms with Gasteiger partial charge in [0.1, 0.15) is 90.3 Å². The molecule has 45 heteroatoms. The number of amides is 17. The SMILES string of the molecule is CCCC[C@H]1C(=O)N(C)[C@@H](CCCC)C(=O)N[C@@H](CCCNC(=N)N)C(=O)N[C@H](C(=O)NCC(N)=O)CSCC(=O)N[C@@H](Cc2ccc(O)cc2)C(=O)N(C)[C@@H](C)C(=O)N[C@@H](CC(N)=O)C(=O)N2CCC[C@H]2C(=O)N[C@@H](Cc2cnc[nH]2)C(=O)N[C@@H](CC(C)C)C(=O)N2CCC[C@H]2C(=O)N[C@H]2CC3=CS(#N)(c4ccccc43)n3cc(c4ccccc43)C[C@H](NC(=O)[C@H](CO)NC2=O)C(=O)N1C. The second-order valence-corrected chi connectivity index (χ2v) is 38.6. The lowest BCUT2D eigenvalue weighted by Crippen LogP contribution is -2.61. The molecule has 7 heterocycles. The highest BCUT2D eigenvalue weighted by Crippen LogP contribution is 2.57. The van der Waals surface area contributed by atoms with Crippen LogP contribution in [0.2, 0.25) is 0 Å². The van der Waals surface area contributed by atoms with Crippen LogP contribution in [0.25, 0.3) is 16.5 Å². The number of fused-ring (bicyclic) bond motifs is 18. The molecule has 3 fully saturated rings. The van der Waals surface area contributed by atoms with Gasteiger partial charge in [0.2, 0.25) is 100 Å². The molecule has 3 aromatic carbocycles. The number of nitrogens with one attached hydrogen (secondary N) is 13. The maximum atomic E-state index is 16.0. The summed E-state index contributed by atoms with van der Waals surface area (Å²) in [6, 6.07) is -2.18. The molecule has 1 unspecified atom stereocenters. The molecule has 0 spiro atoms. The number of aliphatic hydroxyl groups is 1. The van der Waals surface area contributed by atoms with Crippen LogP contribution in [0.15, 0.2) is 102 Å². The predicted molar refractivity (Wildman–Crippen MR) is 502 cm³/mol. The number of aliphatic hydroxyl groups excluding tert-OH is 1. The van der Waals surface area contributed by atoms with E-state index < -0.39 is 232 Å². The first kappa shape index (κ1) is 105. The molecule has 5 aromatic rings. The Morgan fingerprint density at radius 2 is 1.20 bits per heavy atom. The van der Waals surface area contributed by atoms with Crippen LogP contribution in [0.3, 0.4) is 0 Å². The fraction of sp³-hybridized carbons (Fsp3) is 0.527. The number of primary amides is 2. The highest BCUT2D eigenvalue weighted by atomic mass is 32.2. The summed E-state index contributed by atoms with van der Waals surface area (Å²) >= 11 is 0.762. The minimum absolute atomic E-state index is 0.00284. The van der Waals surface area contributed by atoms with Gasteiger partial charge in [-0.2, -0.15) is 0 Å². The summed E-state index contributed by atoms with van der Waals surface area (Å²) in [7, 11) is 0.533. The number of phenolic OH excluding ortho intramolecular Hbond substituents is 1. The zero-order chi connectivity index (χ0) is 99.1. The molecule has 6 bridgehead atoms. The Bertz CT molecular complexity index is 5430. The molecule has 21 N–H and O–H groups in total. The second kappa shape index (κ2) is 48.2. The zero-order valence-electron chi connectivity index (χ0n) is 77.5. The van der Waals surface area contributed by atoms with Crippen LogP contribution in [0, 0.1) is 15.9 Å². The van der Waals surface area contributed by atoms with Gasteiger partial charge >= 0.3 is 0 Å². The summed E-state index contributed by atoms with van der Waals surface area (Å²) in [5.74, 6) is -17.6. The van der Waals surface area contributed by atoms with E-state index >= 15 is 43.2 Å². The number of aromatic nitrogens is 3. The third-order valence-electron chi connectivity index (χ3n) is 24.9. The highest BCUT2D eigenvalue weighted by molar-refractivity contribution is 8.23. The minimum atomic E-state index is -3.38. The maximum Gasteiger partial charge on any atom is 0.246 e. The number of aromatic hydroxyl groups is 1. The van der Waals surface area contributed by atoms with E-state index in [0.717, 1.165) is 31.4 Å². The molecular weight excluding hydrogens is 1800 g/mol. The number of para-hydroxylation sites is 1. The maximum absolute atomic E-state index is 16.0. The summed E-state index contributed by atoms with van der Waals surface area (Å²) < 4.78 is 15.3. The highest BCUT2D eigenvalue weighted by Gasteiger charge is 2.47. The third kappa shape index (κ3) is 26.6. The molecule has 10 rings (SSSR count). The fourth-order valence-electron chi connectivity index (χ4n) is 17.4. The molecule has 136 heavy (non-hydrogen) atoms. The van der Waals surface area contributed by atoms with Crippen LogP contribution in [0.5, 0.6) is 5.75 Å². The second-order valence-electron chi connectivity index (χ2n) is 35.3. The van der Waals surface area contributed by atoms with Crippen molar-refractivity contribution in [2.45, 2.75) is 240 Å². The van der Waals surface area contributed by atoms with Crippen molar-refractivity contribution in [3.8, 4) is 5.75 Å². The Morgan fingerprint density at radius 1 is 0.603 bits per heavy atom. The van der Waals surface area contributed by atoms with E-state index in [9.17, 15) is 53.2 Å². The molecule has 0 aliphatic carbocycles. The number of H-pyrrole nitrogens is 1. The number of hydrogen-bond donors (Lipinski definition) is 18. The zero-order valence-corrected chi connectivity index (χ0v) is 79.2. The molecule has 5 aliphatic rings. The summed E-state index contributed by atoms with van der Waals surface area (Å²) in [6.45, 7) is 6.55.